The summed E-state index contributed by atoms with van der Waals surface area (Å²) in [5.41, 5.74) is 0. The van der Waals surface area contributed by atoms with E-state index in [0.717, 1.165) is 19.5 Å². The van der Waals surface area contributed by atoms with Crippen molar-refractivity contribution in [2.45, 2.75) is 40.2 Å². The minimum Gasteiger partial charge on any atom is -0.480 e. The van der Waals surface area contributed by atoms with Gasteiger partial charge in [-0.1, -0.05) is 34.1 Å². The molecule has 3 nitrogen and oxygen atoms in total. The maximum Gasteiger partial charge on any atom is 0.321 e. The number of carbonyl (C=O) groups is 1. The van der Waals surface area contributed by atoms with Crippen molar-refractivity contribution in [2.24, 2.45) is 5.92 Å². The van der Waals surface area contributed by atoms with Crippen LogP contribution < -0.4 is 0 Å². The van der Waals surface area contributed by atoms with Crippen LogP contribution in [0.4, 0.5) is 0 Å². The predicted molar refractivity (Wildman–Crippen MR) is 53.8 cm³/mol. The highest BCUT2D eigenvalue weighted by Crippen LogP contribution is 2.14. The summed E-state index contributed by atoms with van der Waals surface area (Å²) in [6.45, 7) is 9.64. The van der Waals surface area contributed by atoms with E-state index in [0.29, 0.717) is 0 Å². The molecular formula is C10H21NO2. The second-order valence-electron chi connectivity index (χ2n) is 3.39. The van der Waals surface area contributed by atoms with E-state index in [2.05, 4.69) is 0 Å². The minimum absolute atomic E-state index is 0.220. The van der Waals surface area contributed by atoms with Crippen molar-refractivity contribution in [1.82, 2.24) is 4.90 Å². The van der Waals surface area contributed by atoms with E-state index >= 15 is 0 Å². The molecule has 0 fully saturated rings. The standard InChI is InChI=1S/C10H21NO2/c1-5-8(4)9(10(12)13)11(6-2)7-3/h8-9H,5-7H2,1-4H3,(H,12,13)/t8-,9+/m0/s1. The fraction of sp³-hybridized carbons (Fsp3) is 0.900. The number of rotatable bonds is 6. The normalized spacial score (nSPS) is 15.8. The topological polar surface area (TPSA) is 40.5 Å². The molecule has 0 bridgehead atoms. The number of nitrogens with zero attached hydrogens (tertiary/aromatic N) is 1. The summed E-state index contributed by atoms with van der Waals surface area (Å²) in [6, 6.07) is -0.319. The Kier molecular flexibility index (Phi) is 5.71. The third-order valence-corrected chi connectivity index (χ3v) is 2.64. The van der Waals surface area contributed by atoms with E-state index in [1.165, 1.54) is 0 Å². The highest BCUT2D eigenvalue weighted by Gasteiger charge is 2.27. The van der Waals surface area contributed by atoms with Gasteiger partial charge in [0, 0.05) is 0 Å². The fourth-order valence-electron chi connectivity index (χ4n) is 1.60. The fourth-order valence-corrected chi connectivity index (χ4v) is 1.60. The monoisotopic (exact) mass is 187 g/mol. The van der Waals surface area contributed by atoms with Gasteiger partial charge in [-0.15, -0.1) is 0 Å². The largest absolute Gasteiger partial charge is 0.480 e. The van der Waals surface area contributed by atoms with Crippen molar-refractivity contribution in [3.8, 4) is 0 Å². The van der Waals surface area contributed by atoms with Gasteiger partial charge >= 0.3 is 5.97 Å². The molecular weight excluding hydrogens is 166 g/mol. The Balaban J connectivity index is 4.47. The molecule has 0 aliphatic heterocycles. The Morgan fingerprint density at radius 2 is 1.77 bits per heavy atom. The molecule has 0 aromatic heterocycles. The number of carboxylic acids is 1. The molecule has 2 atom stereocenters. The van der Waals surface area contributed by atoms with Crippen LogP contribution in [0.25, 0.3) is 0 Å². The van der Waals surface area contributed by atoms with Gasteiger partial charge in [0.1, 0.15) is 6.04 Å². The average Bonchev–Trinajstić information content (AvgIpc) is 2.12. The lowest BCUT2D eigenvalue weighted by atomic mass is 9.98. The molecule has 0 unspecified atom stereocenters. The summed E-state index contributed by atoms with van der Waals surface area (Å²) >= 11 is 0. The van der Waals surface area contributed by atoms with Gasteiger partial charge in [-0.2, -0.15) is 0 Å². The minimum atomic E-state index is -0.696. The molecule has 0 saturated carbocycles. The lowest BCUT2D eigenvalue weighted by Gasteiger charge is -2.30. The number of carboxylic acid groups (broad SMARTS) is 1. The van der Waals surface area contributed by atoms with Gasteiger partial charge in [-0.05, 0) is 19.0 Å². The van der Waals surface area contributed by atoms with Gasteiger partial charge in [0.25, 0.3) is 0 Å². The maximum atomic E-state index is 11.0. The zero-order chi connectivity index (χ0) is 10.4. The zero-order valence-electron chi connectivity index (χ0n) is 9.08. The lowest BCUT2D eigenvalue weighted by Crippen LogP contribution is -2.45. The molecule has 13 heavy (non-hydrogen) atoms. The smallest absolute Gasteiger partial charge is 0.321 e. The van der Waals surface area contributed by atoms with Crippen LogP contribution in [-0.4, -0.2) is 35.1 Å². The van der Waals surface area contributed by atoms with E-state index in [1.807, 2.05) is 32.6 Å². The molecule has 0 aromatic rings. The van der Waals surface area contributed by atoms with Crippen molar-refractivity contribution in [1.29, 1.82) is 0 Å². The van der Waals surface area contributed by atoms with Crippen molar-refractivity contribution in [2.75, 3.05) is 13.1 Å². The lowest BCUT2D eigenvalue weighted by molar-refractivity contribution is -0.145. The third-order valence-electron chi connectivity index (χ3n) is 2.64. The number of aliphatic carboxylic acids is 1. The quantitative estimate of drug-likeness (QED) is 0.689. The Morgan fingerprint density at radius 3 is 2.00 bits per heavy atom. The molecule has 0 aromatic carbocycles. The molecule has 0 spiro atoms. The van der Waals surface area contributed by atoms with Crippen molar-refractivity contribution >= 4 is 5.97 Å². The van der Waals surface area contributed by atoms with Crippen LogP contribution in [0.1, 0.15) is 34.1 Å². The van der Waals surface area contributed by atoms with Crippen LogP contribution in [0.2, 0.25) is 0 Å². The molecule has 0 saturated heterocycles. The first-order valence-corrected chi connectivity index (χ1v) is 5.05. The van der Waals surface area contributed by atoms with Crippen LogP contribution in [-0.2, 0) is 4.79 Å². The Bertz CT molecular complexity index is 155. The van der Waals surface area contributed by atoms with Gasteiger partial charge in [0.15, 0.2) is 0 Å². The molecule has 0 aliphatic rings. The Hall–Kier alpha value is -0.570. The molecule has 78 valence electrons. The van der Waals surface area contributed by atoms with E-state index < -0.39 is 5.97 Å². The van der Waals surface area contributed by atoms with Crippen LogP contribution in [0.15, 0.2) is 0 Å². The first-order chi connectivity index (χ1) is 6.08. The van der Waals surface area contributed by atoms with Gasteiger partial charge in [0.2, 0.25) is 0 Å². The average molecular weight is 187 g/mol. The Labute approximate surface area is 80.7 Å². The summed E-state index contributed by atoms with van der Waals surface area (Å²) in [5.74, 6) is -0.476. The summed E-state index contributed by atoms with van der Waals surface area (Å²) in [6.07, 6.45) is 0.910. The maximum absolute atomic E-state index is 11.0. The van der Waals surface area contributed by atoms with Gasteiger partial charge in [-0.25, -0.2) is 0 Å². The molecule has 3 heteroatoms. The van der Waals surface area contributed by atoms with E-state index in [9.17, 15) is 4.79 Å². The SMILES string of the molecule is CC[C@H](C)[C@H](C(=O)O)N(CC)CC. The third kappa shape index (κ3) is 3.35. The zero-order valence-corrected chi connectivity index (χ0v) is 9.08. The summed E-state index contributed by atoms with van der Waals surface area (Å²) in [5, 5.41) is 9.07. The van der Waals surface area contributed by atoms with Crippen molar-refractivity contribution in [3.05, 3.63) is 0 Å². The molecule has 0 amide bonds. The second-order valence-corrected chi connectivity index (χ2v) is 3.39. The van der Waals surface area contributed by atoms with Crippen molar-refractivity contribution < 1.29 is 9.90 Å². The van der Waals surface area contributed by atoms with Crippen molar-refractivity contribution in [3.63, 3.8) is 0 Å². The predicted octanol–water partition coefficient (Wildman–Crippen LogP) is 1.83. The van der Waals surface area contributed by atoms with Gasteiger partial charge < -0.3 is 5.11 Å². The molecule has 1 N–H and O–H groups in total. The van der Waals surface area contributed by atoms with Crippen LogP contribution in [0.3, 0.4) is 0 Å². The summed E-state index contributed by atoms with van der Waals surface area (Å²) in [7, 11) is 0. The van der Waals surface area contributed by atoms with E-state index in [4.69, 9.17) is 5.11 Å². The molecule has 0 rings (SSSR count). The van der Waals surface area contributed by atoms with Gasteiger partial charge in [0.05, 0.1) is 0 Å². The van der Waals surface area contributed by atoms with Crippen LogP contribution in [0, 0.1) is 5.92 Å². The van der Waals surface area contributed by atoms with Crippen LogP contribution in [0.5, 0.6) is 0 Å². The first kappa shape index (κ1) is 12.4. The van der Waals surface area contributed by atoms with Crippen LogP contribution >= 0.6 is 0 Å². The summed E-state index contributed by atoms with van der Waals surface area (Å²) < 4.78 is 0. The van der Waals surface area contributed by atoms with E-state index in [1.54, 1.807) is 0 Å². The number of hydrogen-bond donors (Lipinski definition) is 1. The number of likely N-dealkylation sites (N-methyl/N-ethyl adjacent to an activating group) is 1. The Morgan fingerprint density at radius 1 is 1.31 bits per heavy atom. The second kappa shape index (κ2) is 5.97. The highest BCUT2D eigenvalue weighted by atomic mass is 16.4. The molecule has 0 aliphatic carbocycles. The molecule has 0 radical (unpaired) electrons. The highest BCUT2D eigenvalue weighted by molar-refractivity contribution is 5.73. The summed E-state index contributed by atoms with van der Waals surface area (Å²) in [4.78, 5) is 13.0. The number of hydrogen-bond acceptors (Lipinski definition) is 2. The first-order valence-electron chi connectivity index (χ1n) is 5.05. The van der Waals surface area contributed by atoms with E-state index in [-0.39, 0.29) is 12.0 Å². The van der Waals surface area contributed by atoms with Gasteiger partial charge in [-0.3, -0.25) is 9.69 Å². The molecule has 0 heterocycles.